The predicted molar refractivity (Wildman–Crippen MR) is 122 cm³/mol. The van der Waals surface area contributed by atoms with Gasteiger partial charge in [-0.25, -0.2) is 4.98 Å². The third kappa shape index (κ3) is 4.59. The number of nitrogens with zero attached hydrogens (tertiary/aromatic N) is 5. The molecule has 7 heteroatoms. The van der Waals surface area contributed by atoms with E-state index < -0.39 is 0 Å². The Morgan fingerprint density at radius 2 is 1.71 bits per heavy atom. The minimum absolute atomic E-state index is 0.0189. The van der Waals surface area contributed by atoms with Crippen molar-refractivity contribution in [3.05, 3.63) is 88.0 Å². The van der Waals surface area contributed by atoms with Gasteiger partial charge in [-0.1, -0.05) is 59.6 Å². The molecular formula is C24H24ClN5O. The smallest absolute Gasteiger partial charge is 0.253 e. The Labute approximate surface area is 186 Å². The Kier molecular flexibility index (Phi) is 6.00. The summed E-state index contributed by atoms with van der Waals surface area (Å²) in [5.41, 5.74) is 4.58. The van der Waals surface area contributed by atoms with E-state index in [0.717, 1.165) is 22.5 Å². The van der Waals surface area contributed by atoms with Crippen LogP contribution in [-0.2, 0) is 17.8 Å². The summed E-state index contributed by atoms with van der Waals surface area (Å²) in [6.07, 6.45) is 1.07. The minimum Gasteiger partial charge on any atom is -0.305 e. The maximum absolute atomic E-state index is 13.2. The number of amides is 1. The van der Waals surface area contributed by atoms with Gasteiger partial charge in [0.2, 0.25) is 5.91 Å². The molecule has 0 saturated carbocycles. The van der Waals surface area contributed by atoms with Crippen LogP contribution in [0, 0.1) is 20.8 Å². The molecule has 0 spiro atoms. The van der Waals surface area contributed by atoms with Gasteiger partial charge in [-0.2, -0.15) is 9.50 Å². The van der Waals surface area contributed by atoms with Gasteiger partial charge < -0.3 is 4.90 Å². The molecule has 2 heterocycles. The van der Waals surface area contributed by atoms with Crippen molar-refractivity contribution < 1.29 is 4.79 Å². The van der Waals surface area contributed by atoms with Gasteiger partial charge in [-0.15, -0.1) is 5.10 Å². The molecule has 0 bridgehead atoms. The quantitative estimate of drug-likeness (QED) is 0.435. The molecule has 4 aromatic rings. The summed E-state index contributed by atoms with van der Waals surface area (Å²) in [6.45, 7) is 6.01. The maximum Gasteiger partial charge on any atom is 0.253 e. The lowest BCUT2D eigenvalue weighted by Gasteiger charge is -2.22. The van der Waals surface area contributed by atoms with E-state index in [1.807, 2.05) is 75.4 Å². The van der Waals surface area contributed by atoms with Crippen LogP contribution in [0.2, 0.25) is 5.02 Å². The highest BCUT2D eigenvalue weighted by Gasteiger charge is 2.20. The number of aryl methyl sites for hydroxylation is 4. The number of carbonyl (C=O) groups excluding carboxylic acids is 1. The van der Waals surface area contributed by atoms with Crippen LogP contribution in [0.4, 0.5) is 5.69 Å². The Hall–Kier alpha value is -3.25. The molecule has 0 aliphatic heterocycles. The van der Waals surface area contributed by atoms with Crippen LogP contribution >= 0.6 is 11.6 Å². The molecule has 0 fully saturated rings. The number of halogens is 1. The molecule has 4 rings (SSSR count). The molecule has 0 atom stereocenters. The number of fused-ring (bicyclic) bond motifs is 1. The van der Waals surface area contributed by atoms with Crippen molar-refractivity contribution in [1.82, 2.24) is 19.6 Å². The van der Waals surface area contributed by atoms with Gasteiger partial charge in [-0.3, -0.25) is 4.79 Å². The van der Waals surface area contributed by atoms with E-state index in [0.29, 0.717) is 35.2 Å². The first-order valence-electron chi connectivity index (χ1n) is 10.2. The van der Waals surface area contributed by atoms with Crippen molar-refractivity contribution in [2.45, 2.75) is 40.2 Å². The van der Waals surface area contributed by atoms with Crippen molar-refractivity contribution in [2.75, 3.05) is 4.90 Å². The van der Waals surface area contributed by atoms with Crippen molar-refractivity contribution >= 4 is 29.0 Å². The second kappa shape index (κ2) is 8.86. The summed E-state index contributed by atoms with van der Waals surface area (Å²) in [4.78, 5) is 23.9. The first-order chi connectivity index (χ1) is 14.9. The molecule has 1 amide bonds. The van der Waals surface area contributed by atoms with Crippen LogP contribution in [0.15, 0.2) is 54.6 Å². The lowest BCUT2D eigenvalue weighted by Crippen LogP contribution is -2.31. The van der Waals surface area contributed by atoms with Crippen molar-refractivity contribution in [2.24, 2.45) is 0 Å². The number of rotatable bonds is 6. The number of anilines is 1. The fraction of sp³-hybridized carbons (Fsp3) is 0.250. The zero-order valence-electron chi connectivity index (χ0n) is 17.8. The lowest BCUT2D eigenvalue weighted by atomic mass is 10.1. The van der Waals surface area contributed by atoms with Gasteiger partial charge in [0.1, 0.15) is 0 Å². The largest absolute Gasteiger partial charge is 0.305 e. The van der Waals surface area contributed by atoms with E-state index in [1.165, 1.54) is 0 Å². The van der Waals surface area contributed by atoms with Crippen LogP contribution in [-0.4, -0.2) is 25.5 Å². The molecule has 158 valence electrons. The standard InChI is InChI=1S/C24H24ClN5O/c1-16-9-12-20(13-10-16)29(22(31)14-11-19-7-5-4-6-8-19)15-21-27-24-26-17(2)23(25)18(3)30(24)28-21/h4-10,12-13H,11,14-15H2,1-3H3. The number of hydrogen-bond donors (Lipinski definition) is 0. The van der Waals surface area contributed by atoms with Gasteiger partial charge in [0.15, 0.2) is 5.82 Å². The highest BCUT2D eigenvalue weighted by molar-refractivity contribution is 6.31. The van der Waals surface area contributed by atoms with E-state index in [9.17, 15) is 4.79 Å². The molecule has 0 N–H and O–H groups in total. The lowest BCUT2D eigenvalue weighted by molar-refractivity contribution is -0.118. The fourth-order valence-electron chi connectivity index (χ4n) is 3.48. The van der Waals surface area contributed by atoms with Crippen LogP contribution < -0.4 is 4.90 Å². The molecule has 0 radical (unpaired) electrons. The Morgan fingerprint density at radius 1 is 1.00 bits per heavy atom. The van der Waals surface area contributed by atoms with Crippen molar-refractivity contribution in [1.29, 1.82) is 0 Å². The topological polar surface area (TPSA) is 63.4 Å². The zero-order chi connectivity index (χ0) is 22.0. The Morgan fingerprint density at radius 3 is 2.42 bits per heavy atom. The second-order valence-electron chi connectivity index (χ2n) is 7.64. The van der Waals surface area contributed by atoms with Crippen molar-refractivity contribution in [3.63, 3.8) is 0 Å². The van der Waals surface area contributed by atoms with Gasteiger partial charge in [-0.05, 0) is 44.9 Å². The maximum atomic E-state index is 13.2. The number of benzene rings is 2. The summed E-state index contributed by atoms with van der Waals surface area (Å²) >= 11 is 6.32. The van der Waals surface area contributed by atoms with E-state index >= 15 is 0 Å². The van der Waals surface area contributed by atoms with E-state index in [2.05, 4.69) is 15.1 Å². The average Bonchev–Trinajstić information content (AvgIpc) is 3.18. The van der Waals surface area contributed by atoms with E-state index in [-0.39, 0.29) is 12.5 Å². The summed E-state index contributed by atoms with van der Waals surface area (Å²) in [6, 6.07) is 17.9. The van der Waals surface area contributed by atoms with Gasteiger partial charge >= 0.3 is 0 Å². The van der Waals surface area contributed by atoms with Crippen LogP contribution in [0.25, 0.3) is 5.78 Å². The molecule has 0 aliphatic carbocycles. The van der Waals surface area contributed by atoms with Crippen LogP contribution in [0.3, 0.4) is 0 Å². The monoisotopic (exact) mass is 433 g/mol. The minimum atomic E-state index is 0.0189. The normalized spacial score (nSPS) is 11.1. The third-order valence-corrected chi connectivity index (χ3v) is 5.82. The van der Waals surface area contributed by atoms with Crippen molar-refractivity contribution in [3.8, 4) is 0 Å². The third-order valence-electron chi connectivity index (χ3n) is 5.27. The van der Waals surface area contributed by atoms with Gasteiger partial charge in [0.05, 0.1) is 23.0 Å². The Bertz CT molecular complexity index is 1220. The number of carbonyl (C=O) groups is 1. The number of hydrogen-bond acceptors (Lipinski definition) is 4. The number of aromatic nitrogens is 4. The highest BCUT2D eigenvalue weighted by Crippen LogP contribution is 2.22. The molecule has 31 heavy (non-hydrogen) atoms. The van der Waals surface area contributed by atoms with E-state index in [4.69, 9.17) is 11.6 Å². The summed E-state index contributed by atoms with van der Waals surface area (Å²) in [7, 11) is 0. The Balaban J connectivity index is 1.63. The summed E-state index contributed by atoms with van der Waals surface area (Å²) in [5.74, 6) is 1.02. The molecule has 2 aromatic carbocycles. The molecular weight excluding hydrogens is 410 g/mol. The van der Waals surface area contributed by atoms with Crippen LogP contribution in [0.5, 0.6) is 0 Å². The van der Waals surface area contributed by atoms with Gasteiger partial charge in [0.25, 0.3) is 5.78 Å². The highest BCUT2D eigenvalue weighted by atomic mass is 35.5. The molecule has 6 nitrogen and oxygen atoms in total. The van der Waals surface area contributed by atoms with Gasteiger partial charge in [0, 0.05) is 12.1 Å². The molecule has 2 aromatic heterocycles. The average molecular weight is 434 g/mol. The van der Waals surface area contributed by atoms with E-state index in [1.54, 1.807) is 9.42 Å². The molecule has 0 saturated heterocycles. The fourth-order valence-corrected chi connectivity index (χ4v) is 3.61. The second-order valence-corrected chi connectivity index (χ2v) is 8.02. The first-order valence-corrected chi connectivity index (χ1v) is 10.6. The SMILES string of the molecule is Cc1ccc(N(Cc2nc3nc(C)c(Cl)c(C)n3n2)C(=O)CCc2ccccc2)cc1. The molecule has 0 aliphatic rings. The zero-order valence-corrected chi connectivity index (χ0v) is 18.6. The first kappa shape index (κ1) is 21.0. The van der Waals surface area contributed by atoms with Crippen LogP contribution in [0.1, 0.15) is 34.8 Å². The molecule has 0 unspecified atom stereocenters. The summed E-state index contributed by atoms with van der Waals surface area (Å²) < 4.78 is 1.63. The summed E-state index contributed by atoms with van der Waals surface area (Å²) in [5, 5.41) is 5.13. The predicted octanol–water partition coefficient (Wildman–Crippen LogP) is 4.87.